The van der Waals surface area contributed by atoms with Gasteiger partial charge in [0.2, 0.25) is 5.91 Å². The summed E-state index contributed by atoms with van der Waals surface area (Å²) in [6.45, 7) is 0.630. The second kappa shape index (κ2) is 3.26. The van der Waals surface area contributed by atoms with E-state index in [1.807, 2.05) is 0 Å². The van der Waals surface area contributed by atoms with E-state index in [0.29, 0.717) is 25.8 Å². The maximum absolute atomic E-state index is 11.5. The summed E-state index contributed by atoms with van der Waals surface area (Å²) in [6, 6.07) is 0. The second-order valence-corrected chi connectivity index (χ2v) is 4.19. The van der Waals surface area contributed by atoms with Crippen LogP contribution in [-0.2, 0) is 9.59 Å². The molecule has 2 rings (SSSR count). The number of likely N-dealkylation sites (tertiary alicyclic amines) is 1. The smallest absolute Gasteiger partial charge is 0.329 e. The van der Waals surface area contributed by atoms with Crippen LogP contribution in [0.25, 0.3) is 0 Å². The molecule has 4 nitrogen and oxygen atoms in total. The van der Waals surface area contributed by atoms with Gasteiger partial charge in [-0.1, -0.05) is 12.8 Å². The van der Waals surface area contributed by atoms with Gasteiger partial charge in [-0.05, 0) is 19.3 Å². The van der Waals surface area contributed by atoms with Gasteiger partial charge in [0, 0.05) is 13.0 Å². The normalized spacial score (nSPS) is 25.7. The summed E-state index contributed by atoms with van der Waals surface area (Å²) in [5, 5.41) is 9.25. The molecule has 1 saturated heterocycles. The number of carbonyl (C=O) groups excluding carboxylic acids is 1. The molecule has 1 aliphatic heterocycles. The highest BCUT2D eigenvalue weighted by Gasteiger charge is 2.49. The maximum atomic E-state index is 11.5. The second-order valence-electron chi connectivity index (χ2n) is 4.19. The van der Waals surface area contributed by atoms with Crippen LogP contribution in [0, 0.1) is 0 Å². The van der Waals surface area contributed by atoms with Gasteiger partial charge in [-0.15, -0.1) is 0 Å². The van der Waals surface area contributed by atoms with Crippen molar-refractivity contribution in [3.05, 3.63) is 0 Å². The zero-order valence-corrected chi connectivity index (χ0v) is 8.16. The van der Waals surface area contributed by atoms with E-state index in [0.717, 1.165) is 19.3 Å². The Balaban J connectivity index is 2.26. The first-order valence-electron chi connectivity index (χ1n) is 5.21. The molecule has 0 spiro atoms. The van der Waals surface area contributed by atoms with Crippen molar-refractivity contribution >= 4 is 11.9 Å². The van der Waals surface area contributed by atoms with Crippen molar-refractivity contribution < 1.29 is 14.7 Å². The van der Waals surface area contributed by atoms with Crippen molar-refractivity contribution in [3.63, 3.8) is 0 Å². The summed E-state index contributed by atoms with van der Waals surface area (Å²) < 4.78 is 0. The molecule has 0 aromatic carbocycles. The van der Waals surface area contributed by atoms with Gasteiger partial charge in [0.1, 0.15) is 5.54 Å². The van der Waals surface area contributed by atoms with Crippen LogP contribution in [0.3, 0.4) is 0 Å². The number of rotatable bonds is 2. The molecule has 1 saturated carbocycles. The van der Waals surface area contributed by atoms with E-state index in [9.17, 15) is 14.7 Å². The fraction of sp³-hybridized carbons (Fsp3) is 0.800. The molecule has 0 bridgehead atoms. The molecule has 1 aliphatic carbocycles. The molecule has 2 fully saturated rings. The van der Waals surface area contributed by atoms with Gasteiger partial charge < -0.3 is 10.0 Å². The van der Waals surface area contributed by atoms with Gasteiger partial charge >= 0.3 is 5.97 Å². The van der Waals surface area contributed by atoms with Crippen LogP contribution in [-0.4, -0.2) is 34.0 Å². The predicted molar refractivity (Wildman–Crippen MR) is 49.8 cm³/mol. The number of carboxylic acids is 1. The van der Waals surface area contributed by atoms with E-state index < -0.39 is 11.5 Å². The van der Waals surface area contributed by atoms with Gasteiger partial charge in [-0.3, -0.25) is 4.79 Å². The molecule has 0 atom stereocenters. The minimum Gasteiger partial charge on any atom is -0.479 e. The van der Waals surface area contributed by atoms with Gasteiger partial charge in [-0.25, -0.2) is 4.79 Å². The highest BCUT2D eigenvalue weighted by atomic mass is 16.4. The first-order chi connectivity index (χ1) is 6.67. The van der Waals surface area contributed by atoms with Crippen LogP contribution in [0.5, 0.6) is 0 Å². The third-order valence-electron chi connectivity index (χ3n) is 3.42. The Morgan fingerprint density at radius 3 is 2.36 bits per heavy atom. The average molecular weight is 197 g/mol. The number of amides is 1. The van der Waals surface area contributed by atoms with Crippen LogP contribution in [0.4, 0.5) is 0 Å². The first kappa shape index (κ1) is 9.49. The van der Waals surface area contributed by atoms with E-state index in [1.54, 1.807) is 4.90 Å². The Bertz CT molecular complexity index is 269. The lowest BCUT2D eigenvalue weighted by Gasteiger charge is -2.34. The van der Waals surface area contributed by atoms with Crippen LogP contribution < -0.4 is 0 Å². The molecule has 1 N–H and O–H groups in total. The van der Waals surface area contributed by atoms with Crippen LogP contribution in [0.1, 0.15) is 38.5 Å². The SMILES string of the molecule is O=C1CCCN1C1(C(=O)O)CCCC1. The van der Waals surface area contributed by atoms with Gasteiger partial charge in [0.05, 0.1) is 0 Å². The topological polar surface area (TPSA) is 57.6 Å². The molecule has 78 valence electrons. The molecule has 1 amide bonds. The van der Waals surface area contributed by atoms with Crippen molar-refractivity contribution in [3.8, 4) is 0 Å². The Kier molecular flexibility index (Phi) is 2.21. The third kappa shape index (κ3) is 1.21. The fourth-order valence-corrected chi connectivity index (χ4v) is 2.66. The summed E-state index contributed by atoms with van der Waals surface area (Å²) >= 11 is 0. The van der Waals surface area contributed by atoms with E-state index in [1.165, 1.54) is 0 Å². The average Bonchev–Trinajstić information content (AvgIpc) is 2.72. The van der Waals surface area contributed by atoms with Crippen molar-refractivity contribution in [2.45, 2.75) is 44.1 Å². The zero-order valence-electron chi connectivity index (χ0n) is 8.16. The lowest BCUT2D eigenvalue weighted by Crippen LogP contribution is -2.53. The summed E-state index contributed by atoms with van der Waals surface area (Å²) in [7, 11) is 0. The number of carboxylic acid groups (broad SMARTS) is 1. The summed E-state index contributed by atoms with van der Waals surface area (Å²) in [6.07, 6.45) is 4.46. The number of carbonyl (C=O) groups is 2. The molecule has 4 heteroatoms. The highest BCUT2D eigenvalue weighted by molar-refractivity contribution is 5.88. The number of nitrogens with zero attached hydrogens (tertiary/aromatic N) is 1. The number of hydrogen-bond acceptors (Lipinski definition) is 2. The Morgan fingerprint density at radius 2 is 1.93 bits per heavy atom. The zero-order chi connectivity index (χ0) is 10.2. The fourth-order valence-electron chi connectivity index (χ4n) is 2.66. The molecule has 14 heavy (non-hydrogen) atoms. The van der Waals surface area contributed by atoms with E-state index in [-0.39, 0.29) is 5.91 Å². The van der Waals surface area contributed by atoms with Gasteiger partial charge in [0.15, 0.2) is 0 Å². The van der Waals surface area contributed by atoms with Crippen molar-refractivity contribution in [2.75, 3.05) is 6.54 Å². The lowest BCUT2D eigenvalue weighted by atomic mass is 9.95. The van der Waals surface area contributed by atoms with Gasteiger partial charge in [0.25, 0.3) is 0 Å². The minimum absolute atomic E-state index is 0.0225. The maximum Gasteiger partial charge on any atom is 0.329 e. The molecule has 0 aromatic heterocycles. The first-order valence-corrected chi connectivity index (χ1v) is 5.21. The van der Waals surface area contributed by atoms with E-state index in [4.69, 9.17) is 0 Å². The molecule has 2 aliphatic rings. The minimum atomic E-state index is -0.854. The highest BCUT2D eigenvalue weighted by Crippen LogP contribution is 2.37. The molecule has 1 heterocycles. The summed E-state index contributed by atoms with van der Waals surface area (Å²) in [5.41, 5.74) is -0.854. The monoisotopic (exact) mass is 197 g/mol. The molecular weight excluding hydrogens is 182 g/mol. The predicted octanol–water partition coefficient (Wildman–Crippen LogP) is 1.01. The Morgan fingerprint density at radius 1 is 1.29 bits per heavy atom. The van der Waals surface area contributed by atoms with Crippen LogP contribution >= 0.6 is 0 Å². The van der Waals surface area contributed by atoms with E-state index in [2.05, 4.69) is 0 Å². The third-order valence-corrected chi connectivity index (χ3v) is 3.42. The van der Waals surface area contributed by atoms with Crippen molar-refractivity contribution in [1.82, 2.24) is 4.90 Å². The molecule has 0 radical (unpaired) electrons. The largest absolute Gasteiger partial charge is 0.479 e. The van der Waals surface area contributed by atoms with Gasteiger partial charge in [-0.2, -0.15) is 0 Å². The lowest BCUT2D eigenvalue weighted by molar-refractivity contribution is -0.156. The number of aliphatic carboxylic acids is 1. The van der Waals surface area contributed by atoms with Crippen LogP contribution in [0.2, 0.25) is 0 Å². The molecule has 0 aromatic rings. The molecule has 0 unspecified atom stereocenters. The van der Waals surface area contributed by atoms with Crippen molar-refractivity contribution in [1.29, 1.82) is 0 Å². The van der Waals surface area contributed by atoms with Crippen LogP contribution in [0.15, 0.2) is 0 Å². The summed E-state index contributed by atoms with van der Waals surface area (Å²) in [4.78, 5) is 24.4. The Hall–Kier alpha value is -1.06. The molecular formula is C10H15NO3. The quantitative estimate of drug-likeness (QED) is 0.718. The van der Waals surface area contributed by atoms with E-state index >= 15 is 0 Å². The standard InChI is InChI=1S/C10H15NO3/c12-8-4-3-7-11(8)10(9(13)14)5-1-2-6-10/h1-7H2,(H,13,14). The Labute approximate surface area is 82.9 Å². The van der Waals surface area contributed by atoms with Crippen molar-refractivity contribution in [2.24, 2.45) is 0 Å². The summed E-state index contributed by atoms with van der Waals surface area (Å²) in [5.74, 6) is -0.792. The number of hydrogen-bond donors (Lipinski definition) is 1.